The average Bonchev–Trinajstić information content (AvgIpc) is 2.45. The summed E-state index contributed by atoms with van der Waals surface area (Å²) in [7, 11) is 1.67. The van der Waals surface area contributed by atoms with Crippen molar-refractivity contribution in [2.75, 3.05) is 12.4 Å². The molecule has 3 heteroatoms. The molecule has 0 aliphatic rings. The molecule has 3 nitrogen and oxygen atoms in total. The number of nitrogens with zero attached hydrogens (tertiary/aromatic N) is 1. The van der Waals surface area contributed by atoms with Gasteiger partial charge in [-0.2, -0.15) is 0 Å². The van der Waals surface area contributed by atoms with Gasteiger partial charge in [-0.25, -0.2) is 4.98 Å². The number of hydrogen-bond acceptors (Lipinski definition) is 3. The standard InChI is InChI=1S/C17H22N2O/c1-17(2,3)14-7-10-16(19-12-14)18-11-13-5-8-15(20-4)9-6-13/h5-10,12H,11H2,1-4H3,(H,18,19). The summed E-state index contributed by atoms with van der Waals surface area (Å²) >= 11 is 0. The number of ether oxygens (including phenoxy) is 1. The Bertz CT molecular complexity index is 539. The van der Waals surface area contributed by atoms with E-state index in [4.69, 9.17) is 4.74 Å². The van der Waals surface area contributed by atoms with Crippen molar-refractivity contribution in [2.45, 2.75) is 32.7 Å². The zero-order chi connectivity index (χ0) is 14.6. The van der Waals surface area contributed by atoms with Gasteiger partial charge in [0, 0.05) is 12.7 Å². The lowest BCUT2D eigenvalue weighted by Gasteiger charge is -2.18. The number of benzene rings is 1. The highest BCUT2D eigenvalue weighted by Gasteiger charge is 2.13. The maximum atomic E-state index is 5.14. The Kier molecular flexibility index (Phi) is 4.28. The molecular weight excluding hydrogens is 248 g/mol. The molecule has 1 heterocycles. The second-order valence-corrected chi connectivity index (χ2v) is 5.88. The Balaban J connectivity index is 1.96. The second-order valence-electron chi connectivity index (χ2n) is 5.88. The van der Waals surface area contributed by atoms with Gasteiger partial charge < -0.3 is 10.1 Å². The molecule has 0 amide bonds. The molecule has 0 unspecified atom stereocenters. The third-order valence-corrected chi connectivity index (χ3v) is 3.26. The molecule has 0 spiro atoms. The van der Waals surface area contributed by atoms with Gasteiger partial charge in [-0.05, 0) is 34.7 Å². The fraction of sp³-hybridized carbons (Fsp3) is 0.353. The monoisotopic (exact) mass is 270 g/mol. The van der Waals surface area contributed by atoms with E-state index in [1.54, 1.807) is 7.11 Å². The highest BCUT2D eigenvalue weighted by atomic mass is 16.5. The molecule has 1 N–H and O–H groups in total. The van der Waals surface area contributed by atoms with E-state index in [9.17, 15) is 0 Å². The molecule has 0 aliphatic carbocycles. The van der Waals surface area contributed by atoms with Crippen LogP contribution >= 0.6 is 0 Å². The summed E-state index contributed by atoms with van der Waals surface area (Å²) in [6, 6.07) is 12.2. The predicted octanol–water partition coefficient (Wildman–Crippen LogP) is 4.00. The molecule has 0 aliphatic heterocycles. The maximum Gasteiger partial charge on any atom is 0.126 e. The van der Waals surface area contributed by atoms with E-state index in [1.807, 2.05) is 24.4 Å². The fourth-order valence-corrected chi connectivity index (χ4v) is 1.88. The molecule has 1 aromatic carbocycles. The minimum absolute atomic E-state index is 0.140. The van der Waals surface area contributed by atoms with Crippen molar-refractivity contribution in [3.63, 3.8) is 0 Å². The van der Waals surface area contributed by atoms with Gasteiger partial charge in [0.1, 0.15) is 11.6 Å². The van der Waals surface area contributed by atoms with Crippen molar-refractivity contribution in [2.24, 2.45) is 0 Å². The van der Waals surface area contributed by atoms with Gasteiger partial charge in [0.25, 0.3) is 0 Å². The summed E-state index contributed by atoms with van der Waals surface area (Å²) in [5.41, 5.74) is 2.58. The first kappa shape index (κ1) is 14.4. The van der Waals surface area contributed by atoms with Crippen molar-refractivity contribution in [3.8, 4) is 5.75 Å². The van der Waals surface area contributed by atoms with Crippen molar-refractivity contribution in [1.29, 1.82) is 0 Å². The molecule has 1 aromatic heterocycles. The lowest BCUT2D eigenvalue weighted by molar-refractivity contribution is 0.414. The van der Waals surface area contributed by atoms with Crippen molar-refractivity contribution >= 4 is 5.82 Å². The van der Waals surface area contributed by atoms with Crippen LogP contribution in [0.1, 0.15) is 31.9 Å². The summed E-state index contributed by atoms with van der Waals surface area (Å²) in [5.74, 6) is 1.77. The van der Waals surface area contributed by atoms with Crippen LogP contribution < -0.4 is 10.1 Å². The molecule has 0 radical (unpaired) electrons. The summed E-state index contributed by atoms with van der Waals surface area (Å²) in [6.07, 6.45) is 1.94. The molecule has 0 fully saturated rings. The number of aromatic nitrogens is 1. The minimum Gasteiger partial charge on any atom is -0.497 e. The zero-order valence-electron chi connectivity index (χ0n) is 12.6. The Morgan fingerprint density at radius 2 is 1.75 bits per heavy atom. The van der Waals surface area contributed by atoms with Gasteiger partial charge in [-0.3, -0.25) is 0 Å². The van der Waals surface area contributed by atoms with Gasteiger partial charge in [0.05, 0.1) is 7.11 Å². The van der Waals surface area contributed by atoms with E-state index in [0.29, 0.717) is 0 Å². The lowest BCUT2D eigenvalue weighted by Crippen LogP contribution is -2.11. The third kappa shape index (κ3) is 3.73. The normalized spacial score (nSPS) is 11.2. The summed E-state index contributed by atoms with van der Waals surface area (Å²) in [6.45, 7) is 7.32. The number of nitrogens with one attached hydrogen (secondary N) is 1. The first-order chi connectivity index (χ1) is 9.49. The number of pyridine rings is 1. The number of rotatable bonds is 4. The molecule has 20 heavy (non-hydrogen) atoms. The quantitative estimate of drug-likeness (QED) is 0.911. The first-order valence-corrected chi connectivity index (χ1v) is 6.82. The van der Waals surface area contributed by atoms with Gasteiger partial charge in [-0.15, -0.1) is 0 Å². The average molecular weight is 270 g/mol. The Hall–Kier alpha value is -2.03. The molecule has 0 atom stereocenters. The topological polar surface area (TPSA) is 34.1 Å². The van der Waals surface area contributed by atoms with E-state index < -0.39 is 0 Å². The van der Waals surface area contributed by atoms with Crippen molar-refractivity contribution < 1.29 is 4.74 Å². The number of methoxy groups -OCH3 is 1. The molecule has 0 saturated heterocycles. The number of hydrogen-bond donors (Lipinski definition) is 1. The maximum absolute atomic E-state index is 5.14. The fourth-order valence-electron chi connectivity index (χ4n) is 1.88. The Morgan fingerprint density at radius 1 is 1.05 bits per heavy atom. The SMILES string of the molecule is COc1ccc(CNc2ccc(C(C)(C)C)cn2)cc1. The molecule has 2 rings (SSSR count). The third-order valence-electron chi connectivity index (χ3n) is 3.26. The molecule has 0 bridgehead atoms. The van der Waals surface area contributed by atoms with Gasteiger partial charge in [0.2, 0.25) is 0 Å². The van der Waals surface area contributed by atoms with Crippen molar-refractivity contribution in [1.82, 2.24) is 4.98 Å². The van der Waals surface area contributed by atoms with Crippen LogP contribution in [0, 0.1) is 0 Å². The van der Waals surface area contributed by atoms with Crippen LogP contribution in [0.4, 0.5) is 5.82 Å². The van der Waals surface area contributed by atoms with Crippen LogP contribution in [0.5, 0.6) is 5.75 Å². The highest BCUT2D eigenvalue weighted by molar-refractivity contribution is 5.38. The Morgan fingerprint density at radius 3 is 2.25 bits per heavy atom. The van der Waals surface area contributed by atoms with Gasteiger partial charge in [-0.1, -0.05) is 39.0 Å². The van der Waals surface area contributed by atoms with E-state index in [2.05, 4.69) is 49.3 Å². The van der Waals surface area contributed by atoms with Crippen LogP contribution in [0.3, 0.4) is 0 Å². The first-order valence-electron chi connectivity index (χ1n) is 6.82. The lowest BCUT2D eigenvalue weighted by atomic mass is 9.88. The van der Waals surface area contributed by atoms with E-state index in [0.717, 1.165) is 18.1 Å². The largest absolute Gasteiger partial charge is 0.497 e. The van der Waals surface area contributed by atoms with Gasteiger partial charge in [0.15, 0.2) is 0 Å². The molecule has 0 saturated carbocycles. The van der Waals surface area contributed by atoms with E-state index in [1.165, 1.54) is 11.1 Å². The van der Waals surface area contributed by atoms with Crippen molar-refractivity contribution in [3.05, 3.63) is 53.7 Å². The van der Waals surface area contributed by atoms with Crippen LogP contribution in [0.25, 0.3) is 0 Å². The highest BCUT2D eigenvalue weighted by Crippen LogP contribution is 2.22. The molecule has 106 valence electrons. The minimum atomic E-state index is 0.140. The summed E-state index contributed by atoms with van der Waals surface area (Å²) in [5, 5.41) is 3.33. The zero-order valence-corrected chi connectivity index (χ0v) is 12.6. The Labute approximate surface area is 121 Å². The van der Waals surface area contributed by atoms with Crippen LogP contribution in [-0.2, 0) is 12.0 Å². The second kappa shape index (κ2) is 5.95. The van der Waals surface area contributed by atoms with Crippen LogP contribution in [0.2, 0.25) is 0 Å². The molecular formula is C17H22N2O. The number of anilines is 1. The molecule has 2 aromatic rings. The van der Waals surface area contributed by atoms with E-state index in [-0.39, 0.29) is 5.41 Å². The van der Waals surface area contributed by atoms with Crippen LogP contribution in [0.15, 0.2) is 42.6 Å². The summed E-state index contributed by atoms with van der Waals surface area (Å²) in [4.78, 5) is 4.46. The predicted molar refractivity (Wildman–Crippen MR) is 83.3 cm³/mol. The van der Waals surface area contributed by atoms with Gasteiger partial charge >= 0.3 is 0 Å². The van der Waals surface area contributed by atoms with Crippen LogP contribution in [-0.4, -0.2) is 12.1 Å². The van der Waals surface area contributed by atoms with E-state index >= 15 is 0 Å². The smallest absolute Gasteiger partial charge is 0.126 e. The summed E-state index contributed by atoms with van der Waals surface area (Å²) < 4.78 is 5.14.